The molecule has 0 aromatic heterocycles. The normalized spacial score (nSPS) is 20.1. The summed E-state index contributed by atoms with van der Waals surface area (Å²) in [6, 6.07) is 5.36. The van der Waals surface area contributed by atoms with Crippen LogP contribution in [-0.4, -0.2) is 12.6 Å². The van der Waals surface area contributed by atoms with E-state index in [0.29, 0.717) is 6.04 Å². The molecule has 0 saturated heterocycles. The van der Waals surface area contributed by atoms with E-state index in [1.807, 2.05) is 0 Å². The summed E-state index contributed by atoms with van der Waals surface area (Å²) in [5.41, 5.74) is 0.950. The van der Waals surface area contributed by atoms with Crippen LogP contribution in [-0.2, 0) is 0 Å². The molecule has 1 aliphatic rings. The highest BCUT2D eigenvalue weighted by atomic mass is 19.1. The van der Waals surface area contributed by atoms with Gasteiger partial charge in [0.2, 0.25) is 0 Å². The summed E-state index contributed by atoms with van der Waals surface area (Å²) in [5, 5.41) is 3.46. The first kappa shape index (κ1) is 11.4. The Morgan fingerprint density at radius 1 is 1.44 bits per heavy atom. The number of nitrogens with one attached hydrogen (secondary N) is 1. The van der Waals surface area contributed by atoms with Gasteiger partial charge in [-0.3, -0.25) is 0 Å². The van der Waals surface area contributed by atoms with Crippen LogP contribution in [0.2, 0.25) is 0 Å². The molecule has 1 atom stereocenters. The Bertz CT molecular complexity index is 365. The number of benzene rings is 1. The molecule has 1 unspecified atom stereocenters. The lowest BCUT2D eigenvalue weighted by molar-refractivity contribution is 0.314. The summed E-state index contributed by atoms with van der Waals surface area (Å²) in [7, 11) is 0. The summed E-state index contributed by atoms with van der Waals surface area (Å²) in [6.07, 6.45) is 2.00. The van der Waals surface area contributed by atoms with Crippen molar-refractivity contribution in [3.63, 3.8) is 0 Å². The molecular formula is C13H18FNO. The maximum Gasteiger partial charge on any atom is 0.124 e. The van der Waals surface area contributed by atoms with Crippen molar-refractivity contribution in [2.45, 2.75) is 38.8 Å². The first-order chi connectivity index (χ1) is 7.66. The second-order valence-electron chi connectivity index (χ2n) is 4.55. The maximum atomic E-state index is 13.3. The van der Waals surface area contributed by atoms with Gasteiger partial charge in [0.1, 0.15) is 11.6 Å². The molecule has 88 valence electrons. The number of ether oxygens (including phenoxy) is 1. The van der Waals surface area contributed by atoms with E-state index in [1.165, 1.54) is 6.07 Å². The molecule has 0 saturated carbocycles. The van der Waals surface area contributed by atoms with Crippen molar-refractivity contribution in [2.24, 2.45) is 0 Å². The fourth-order valence-electron chi connectivity index (χ4n) is 2.12. The quantitative estimate of drug-likeness (QED) is 0.832. The fraction of sp³-hybridized carbons (Fsp3) is 0.538. The van der Waals surface area contributed by atoms with Crippen LogP contribution < -0.4 is 10.1 Å². The van der Waals surface area contributed by atoms with Crippen molar-refractivity contribution >= 4 is 0 Å². The highest BCUT2D eigenvalue weighted by Gasteiger charge is 2.20. The van der Waals surface area contributed by atoms with E-state index in [4.69, 9.17) is 4.74 Å². The molecule has 3 heteroatoms. The largest absolute Gasteiger partial charge is 0.493 e. The van der Waals surface area contributed by atoms with Gasteiger partial charge in [-0.05, 0) is 31.0 Å². The van der Waals surface area contributed by atoms with E-state index >= 15 is 0 Å². The van der Waals surface area contributed by atoms with Gasteiger partial charge in [0.15, 0.2) is 0 Å². The van der Waals surface area contributed by atoms with Crippen LogP contribution in [0.4, 0.5) is 4.39 Å². The number of hydrogen-bond acceptors (Lipinski definition) is 2. The monoisotopic (exact) mass is 223 g/mol. The van der Waals surface area contributed by atoms with E-state index in [9.17, 15) is 4.39 Å². The van der Waals surface area contributed by atoms with Crippen molar-refractivity contribution in [1.29, 1.82) is 0 Å². The predicted octanol–water partition coefficient (Wildman–Crippen LogP) is 3.04. The minimum absolute atomic E-state index is 0.195. The fourth-order valence-corrected chi connectivity index (χ4v) is 2.12. The Morgan fingerprint density at radius 2 is 2.25 bits per heavy atom. The van der Waals surface area contributed by atoms with Gasteiger partial charge in [-0.25, -0.2) is 4.39 Å². The topological polar surface area (TPSA) is 21.3 Å². The minimum atomic E-state index is -0.195. The average Bonchev–Trinajstić information content (AvgIpc) is 2.41. The van der Waals surface area contributed by atoms with E-state index in [2.05, 4.69) is 19.2 Å². The number of halogens is 1. The van der Waals surface area contributed by atoms with E-state index in [-0.39, 0.29) is 11.9 Å². The third-order valence-electron chi connectivity index (χ3n) is 2.78. The van der Waals surface area contributed by atoms with Crippen molar-refractivity contribution in [3.8, 4) is 5.75 Å². The predicted molar refractivity (Wildman–Crippen MR) is 62.1 cm³/mol. The van der Waals surface area contributed by atoms with Crippen LogP contribution in [0.5, 0.6) is 5.75 Å². The van der Waals surface area contributed by atoms with Gasteiger partial charge in [-0.2, -0.15) is 0 Å². The van der Waals surface area contributed by atoms with Gasteiger partial charge in [0.25, 0.3) is 0 Å². The maximum absolute atomic E-state index is 13.3. The van der Waals surface area contributed by atoms with Gasteiger partial charge in [-0.15, -0.1) is 0 Å². The molecule has 0 amide bonds. The standard InChI is InChI=1S/C13H18FNO/c1-9(2)15-12-4-3-7-16-13-6-5-10(14)8-11(12)13/h5-6,8-9,12,15H,3-4,7H2,1-2H3. The molecule has 2 nitrogen and oxygen atoms in total. The number of fused-ring (bicyclic) bond motifs is 1. The summed E-state index contributed by atoms with van der Waals surface area (Å²) in [4.78, 5) is 0. The lowest BCUT2D eigenvalue weighted by atomic mass is 10.0. The van der Waals surface area contributed by atoms with E-state index < -0.39 is 0 Å². The smallest absolute Gasteiger partial charge is 0.124 e. The van der Waals surface area contributed by atoms with Crippen LogP contribution >= 0.6 is 0 Å². The van der Waals surface area contributed by atoms with Gasteiger partial charge < -0.3 is 10.1 Å². The van der Waals surface area contributed by atoms with Crippen LogP contribution in [0, 0.1) is 5.82 Å². The Balaban J connectivity index is 2.31. The third-order valence-corrected chi connectivity index (χ3v) is 2.78. The van der Waals surface area contributed by atoms with Crippen LogP contribution in [0.15, 0.2) is 18.2 Å². The molecule has 0 radical (unpaired) electrons. The molecule has 1 heterocycles. The lowest BCUT2D eigenvalue weighted by Crippen LogP contribution is -2.27. The second kappa shape index (κ2) is 4.83. The summed E-state index contributed by atoms with van der Waals surface area (Å²) in [6.45, 7) is 4.92. The first-order valence-corrected chi connectivity index (χ1v) is 5.85. The summed E-state index contributed by atoms with van der Waals surface area (Å²) < 4.78 is 18.9. The molecule has 0 spiro atoms. The SMILES string of the molecule is CC(C)NC1CCCOc2ccc(F)cc21. The molecule has 1 N–H and O–H groups in total. The Morgan fingerprint density at radius 3 is 3.00 bits per heavy atom. The molecule has 0 aliphatic carbocycles. The van der Waals surface area contributed by atoms with Crippen molar-refractivity contribution < 1.29 is 9.13 Å². The number of rotatable bonds is 2. The zero-order valence-electron chi connectivity index (χ0n) is 9.79. The summed E-state index contributed by atoms with van der Waals surface area (Å²) >= 11 is 0. The van der Waals surface area contributed by atoms with Crippen molar-refractivity contribution in [3.05, 3.63) is 29.6 Å². The third kappa shape index (κ3) is 2.53. The van der Waals surface area contributed by atoms with Crippen LogP contribution in [0.25, 0.3) is 0 Å². The van der Waals surface area contributed by atoms with E-state index in [1.54, 1.807) is 12.1 Å². The molecule has 0 fully saturated rings. The Kier molecular flexibility index (Phi) is 3.44. The zero-order valence-corrected chi connectivity index (χ0v) is 9.79. The Hall–Kier alpha value is -1.09. The van der Waals surface area contributed by atoms with Gasteiger partial charge in [-0.1, -0.05) is 13.8 Å². The van der Waals surface area contributed by atoms with Crippen LogP contribution in [0.3, 0.4) is 0 Å². The van der Waals surface area contributed by atoms with Gasteiger partial charge >= 0.3 is 0 Å². The van der Waals surface area contributed by atoms with E-state index in [0.717, 1.165) is 30.8 Å². The summed E-state index contributed by atoms with van der Waals surface area (Å²) in [5.74, 6) is 0.622. The molecule has 1 aromatic carbocycles. The van der Waals surface area contributed by atoms with Gasteiger partial charge in [0.05, 0.1) is 6.61 Å². The molecule has 2 rings (SSSR count). The lowest BCUT2D eigenvalue weighted by Gasteiger charge is -2.20. The van der Waals surface area contributed by atoms with Crippen molar-refractivity contribution in [1.82, 2.24) is 5.32 Å². The average molecular weight is 223 g/mol. The molecule has 1 aliphatic heterocycles. The highest BCUT2D eigenvalue weighted by Crippen LogP contribution is 2.32. The molecular weight excluding hydrogens is 205 g/mol. The van der Waals surface area contributed by atoms with Crippen LogP contribution in [0.1, 0.15) is 38.3 Å². The second-order valence-corrected chi connectivity index (χ2v) is 4.55. The Labute approximate surface area is 95.8 Å². The molecule has 16 heavy (non-hydrogen) atoms. The minimum Gasteiger partial charge on any atom is -0.493 e. The molecule has 1 aromatic rings. The number of hydrogen-bond donors (Lipinski definition) is 1. The first-order valence-electron chi connectivity index (χ1n) is 5.85. The zero-order chi connectivity index (χ0) is 11.5. The highest BCUT2D eigenvalue weighted by molar-refractivity contribution is 5.37. The van der Waals surface area contributed by atoms with Crippen molar-refractivity contribution in [2.75, 3.05) is 6.61 Å². The molecule has 0 bridgehead atoms. The van der Waals surface area contributed by atoms with Gasteiger partial charge in [0, 0.05) is 17.6 Å².